The molecule has 3 heteroatoms. The first-order valence-corrected chi connectivity index (χ1v) is 5.67. The van der Waals surface area contributed by atoms with Crippen molar-refractivity contribution < 1.29 is 14.3 Å². The highest BCUT2D eigenvalue weighted by Crippen LogP contribution is 2.44. The number of Topliss-reactive ketones (excluding diaryl/α,β-unsaturated/α-hetero) is 1. The van der Waals surface area contributed by atoms with Crippen LogP contribution in [-0.2, 0) is 19.9 Å². The molecule has 0 radical (unpaired) electrons. The number of carbonyl (C=O) groups is 2. The molecular formula is C14H12O3. The van der Waals surface area contributed by atoms with Crippen molar-refractivity contribution in [3.8, 4) is 0 Å². The van der Waals surface area contributed by atoms with Crippen LogP contribution in [-0.4, -0.2) is 18.2 Å². The molecule has 1 aromatic carbocycles. The summed E-state index contributed by atoms with van der Waals surface area (Å²) in [5.74, 6) is -0.339. The summed E-state index contributed by atoms with van der Waals surface area (Å²) in [7, 11) is 0. The lowest BCUT2D eigenvalue weighted by molar-refractivity contribution is -0.125. The number of ether oxygens (including phenoxy) is 1. The lowest BCUT2D eigenvalue weighted by atomic mass is 9.75. The first-order valence-electron chi connectivity index (χ1n) is 5.67. The Bertz CT molecular complexity index is 503. The lowest BCUT2D eigenvalue weighted by Gasteiger charge is -2.32. The predicted octanol–water partition coefficient (Wildman–Crippen LogP) is 1.63. The fraction of sp³-hybridized carbons (Fsp3) is 0.286. The van der Waals surface area contributed by atoms with Crippen molar-refractivity contribution in [1.29, 1.82) is 0 Å². The maximum absolute atomic E-state index is 11.8. The Morgan fingerprint density at radius 3 is 2.71 bits per heavy atom. The number of hydrogen-bond acceptors (Lipinski definition) is 3. The van der Waals surface area contributed by atoms with E-state index in [0.29, 0.717) is 0 Å². The summed E-state index contributed by atoms with van der Waals surface area (Å²) in [6, 6.07) is 9.62. The van der Waals surface area contributed by atoms with Crippen LogP contribution < -0.4 is 0 Å². The quantitative estimate of drug-likeness (QED) is 0.733. The number of ketones is 2. The second-order valence-corrected chi connectivity index (χ2v) is 4.47. The van der Waals surface area contributed by atoms with Gasteiger partial charge in [-0.15, -0.1) is 0 Å². The van der Waals surface area contributed by atoms with E-state index in [4.69, 9.17) is 4.74 Å². The van der Waals surface area contributed by atoms with E-state index in [1.54, 1.807) is 6.08 Å². The van der Waals surface area contributed by atoms with Gasteiger partial charge in [-0.05, 0) is 17.7 Å². The third-order valence-corrected chi connectivity index (χ3v) is 3.51. The zero-order chi connectivity index (χ0) is 11.9. The first-order chi connectivity index (χ1) is 8.22. The van der Waals surface area contributed by atoms with E-state index in [2.05, 4.69) is 0 Å². The molecule has 0 saturated carbocycles. The molecule has 1 saturated heterocycles. The maximum Gasteiger partial charge on any atom is 0.165 e. The fourth-order valence-corrected chi connectivity index (χ4v) is 2.63. The Morgan fingerprint density at radius 2 is 1.94 bits per heavy atom. The van der Waals surface area contributed by atoms with Gasteiger partial charge in [0.15, 0.2) is 11.6 Å². The smallest absolute Gasteiger partial charge is 0.165 e. The molecule has 0 amide bonds. The minimum Gasteiger partial charge on any atom is -0.358 e. The Morgan fingerprint density at radius 1 is 1.18 bits per heavy atom. The van der Waals surface area contributed by atoms with E-state index in [0.717, 1.165) is 5.56 Å². The summed E-state index contributed by atoms with van der Waals surface area (Å²) in [5, 5.41) is 0. The van der Waals surface area contributed by atoms with Crippen molar-refractivity contribution in [2.75, 3.05) is 6.61 Å². The van der Waals surface area contributed by atoms with Crippen molar-refractivity contribution in [3.63, 3.8) is 0 Å². The molecule has 17 heavy (non-hydrogen) atoms. The average molecular weight is 228 g/mol. The van der Waals surface area contributed by atoms with Crippen LogP contribution in [0.4, 0.5) is 0 Å². The largest absolute Gasteiger partial charge is 0.358 e. The summed E-state index contributed by atoms with van der Waals surface area (Å²) in [5.41, 5.74) is 0.228. The third kappa shape index (κ3) is 1.46. The number of allylic oxidation sites excluding steroid dienone is 1. The molecule has 3 rings (SSSR count). The van der Waals surface area contributed by atoms with E-state index >= 15 is 0 Å². The van der Waals surface area contributed by atoms with Gasteiger partial charge in [0.1, 0.15) is 12.2 Å². The molecule has 0 N–H and O–H groups in total. The second-order valence-electron chi connectivity index (χ2n) is 4.47. The van der Waals surface area contributed by atoms with Crippen LogP contribution in [0.2, 0.25) is 0 Å². The Balaban J connectivity index is 2.13. The number of carbonyl (C=O) groups excluding carboxylic acids is 2. The normalized spacial score (nSPS) is 31.6. The average Bonchev–Trinajstić information content (AvgIpc) is 2.70. The van der Waals surface area contributed by atoms with Gasteiger partial charge >= 0.3 is 0 Å². The van der Waals surface area contributed by atoms with Crippen LogP contribution >= 0.6 is 0 Å². The van der Waals surface area contributed by atoms with Gasteiger partial charge in [-0.3, -0.25) is 9.59 Å². The molecule has 1 fully saturated rings. The minimum absolute atomic E-state index is 0.000376. The fourth-order valence-electron chi connectivity index (χ4n) is 2.63. The molecule has 86 valence electrons. The van der Waals surface area contributed by atoms with Crippen molar-refractivity contribution in [2.24, 2.45) is 5.92 Å². The summed E-state index contributed by atoms with van der Waals surface area (Å²) in [6.07, 6.45) is 3.52. The molecule has 2 atom stereocenters. The van der Waals surface area contributed by atoms with Gasteiger partial charge in [0.2, 0.25) is 0 Å². The molecule has 1 aromatic rings. The summed E-state index contributed by atoms with van der Waals surface area (Å²) in [6.45, 7) is 0.0944. The minimum atomic E-state index is -0.716. The number of benzene rings is 1. The molecule has 1 aliphatic carbocycles. The van der Waals surface area contributed by atoms with Crippen LogP contribution in [0.1, 0.15) is 12.0 Å². The molecule has 2 aliphatic rings. The monoisotopic (exact) mass is 228 g/mol. The molecule has 1 heterocycles. The van der Waals surface area contributed by atoms with Gasteiger partial charge < -0.3 is 4.74 Å². The van der Waals surface area contributed by atoms with Crippen molar-refractivity contribution in [1.82, 2.24) is 0 Å². The SMILES string of the molecule is O=C1C=C[C@@]2(c3ccccc3)OCC(=O)[C@H]2C1. The van der Waals surface area contributed by atoms with E-state index in [1.807, 2.05) is 30.3 Å². The third-order valence-electron chi connectivity index (χ3n) is 3.51. The van der Waals surface area contributed by atoms with Crippen LogP contribution in [0.15, 0.2) is 42.5 Å². The molecule has 3 nitrogen and oxygen atoms in total. The summed E-state index contributed by atoms with van der Waals surface area (Å²) in [4.78, 5) is 23.3. The van der Waals surface area contributed by atoms with E-state index in [9.17, 15) is 9.59 Å². The van der Waals surface area contributed by atoms with Crippen LogP contribution in [0.3, 0.4) is 0 Å². The van der Waals surface area contributed by atoms with Crippen LogP contribution in [0.25, 0.3) is 0 Å². The number of fused-ring (bicyclic) bond motifs is 1. The van der Waals surface area contributed by atoms with Gasteiger partial charge in [-0.25, -0.2) is 0 Å². The van der Waals surface area contributed by atoms with Crippen LogP contribution in [0, 0.1) is 5.92 Å². The highest BCUT2D eigenvalue weighted by molar-refractivity contribution is 5.98. The van der Waals surface area contributed by atoms with E-state index in [1.165, 1.54) is 6.08 Å². The van der Waals surface area contributed by atoms with Gasteiger partial charge in [0.05, 0.1) is 5.92 Å². The Hall–Kier alpha value is -1.74. The standard InChI is InChI=1S/C14H12O3/c15-11-6-7-14(10-4-2-1-3-5-10)12(8-11)13(16)9-17-14/h1-7,12H,8-9H2/t12-,14+/m1/s1. The zero-order valence-electron chi connectivity index (χ0n) is 9.26. The lowest BCUT2D eigenvalue weighted by Crippen LogP contribution is -2.36. The second kappa shape index (κ2) is 3.64. The van der Waals surface area contributed by atoms with Crippen molar-refractivity contribution in [2.45, 2.75) is 12.0 Å². The summed E-state index contributed by atoms with van der Waals surface area (Å²) >= 11 is 0. The molecule has 0 unspecified atom stereocenters. The molecule has 0 bridgehead atoms. The van der Waals surface area contributed by atoms with E-state index in [-0.39, 0.29) is 30.5 Å². The number of hydrogen-bond donors (Lipinski definition) is 0. The highest BCUT2D eigenvalue weighted by atomic mass is 16.5. The Kier molecular flexibility index (Phi) is 2.23. The van der Waals surface area contributed by atoms with E-state index < -0.39 is 5.60 Å². The van der Waals surface area contributed by atoms with Crippen LogP contribution in [0.5, 0.6) is 0 Å². The van der Waals surface area contributed by atoms with Gasteiger partial charge in [-0.2, -0.15) is 0 Å². The van der Waals surface area contributed by atoms with Crippen molar-refractivity contribution >= 4 is 11.6 Å². The Labute approximate surface area is 99.1 Å². The molecule has 1 aliphatic heterocycles. The van der Waals surface area contributed by atoms with Gasteiger partial charge in [-0.1, -0.05) is 30.3 Å². The molecular weight excluding hydrogens is 216 g/mol. The predicted molar refractivity (Wildman–Crippen MR) is 61.3 cm³/mol. The number of rotatable bonds is 1. The topological polar surface area (TPSA) is 43.4 Å². The highest BCUT2D eigenvalue weighted by Gasteiger charge is 2.51. The maximum atomic E-state index is 11.8. The van der Waals surface area contributed by atoms with Gasteiger partial charge in [0, 0.05) is 6.42 Å². The molecule has 0 spiro atoms. The molecule has 0 aromatic heterocycles. The summed E-state index contributed by atoms with van der Waals surface area (Å²) < 4.78 is 5.70. The first kappa shape index (κ1) is 10.4. The van der Waals surface area contributed by atoms with Crippen molar-refractivity contribution in [3.05, 3.63) is 48.0 Å². The zero-order valence-corrected chi connectivity index (χ0v) is 9.26. The van der Waals surface area contributed by atoms with Gasteiger partial charge in [0.25, 0.3) is 0 Å².